The molecule has 2 aromatic rings. The number of phenols is 1. The first kappa shape index (κ1) is 31.3. The molecule has 0 saturated carbocycles. The van der Waals surface area contributed by atoms with Crippen molar-refractivity contribution >= 4 is 41.2 Å². The van der Waals surface area contributed by atoms with Gasteiger partial charge in [-0.3, -0.25) is 29.3 Å². The van der Waals surface area contributed by atoms with Crippen molar-refractivity contribution < 1.29 is 52.9 Å². The highest BCUT2D eigenvalue weighted by molar-refractivity contribution is 6.31. The van der Waals surface area contributed by atoms with Gasteiger partial charge in [0.05, 0.1) is 4.92 Å². The summed E-state index contributed by atoms with van der Waals surface area (Å²) in [5.41, 5.74) is 0.886. The summed E-state index contributed by atoms with van der Waals surface area (Å²) in [5.74, 6) is -3.39. The summed E-state index contributed by atoms with van der Waals surface area (Å²) < 4.78 is 27.7. The zero-order valence-corrected chi connectivity index (χ0v) is 23.3. The van der Waals surface area contributed by atoms with E-state index in [4.69, 9.17) is 35.3 Å². The lowest BCUT2D eigenvalue weighted by Gasteiger charge is -2.44. The van der Waals surface area contributed by atoms with E-state index in [2.05, 4.69) is 0 Å². The lowest BCUT2D eigenvalue weighted by Crippen LogP contribution is -2.59. The van der Waals surface area contributed by atoms with Crippen LogP contribution in [0.3, 0.4) is 0 Å². The van der Waals surface area contributed by atoms with E-state index in [0.29, 0.717) is 21.7 Å². The molecular formula is C27H28ClNO12. The molecule has 3 rings (SSSR count). The van der Waals surface area contributed by atoms with Crippen molar-refractivity contribution in [3.63, 3.8) is 0 Å². The Hall–Kier alpha value is -4.23. The molecule has 1 fully saturated rings. The van der Waals surface area contributed by atoms with Gasteiger partial charge in [-0.25, -0.2) is 0 Å². The Morgan fingerprint density at radius 2 is 1.51 bits per heavy atom. The van der Waals surface area contributed by atoms with Crippen LogP contribution < -0.4 is 0 Å². The number of ether oxygens (including phenoxy) is 5. The summed E-state index contributed by atoms with van der Waals surface area (Å²) in [7, 11) is 0. The summed E-state index contributed by atoms with van der Waals surface area (Å²) >= 11 is 6.44. The Bertz CT molecular complexity index is 1350. The molecule has 0 aromatic heterocycles. The van der Waals surface area contributed by atoms with E-state index in [0.717, 1.165) is 20.8 Å². The number of halogens is 1. The van der Waals surface area contributed by atoms with Crippen molar-refractivity contribution in [1.29, 1.82) is 0 Å². The summed E-state index contributed by atoms with van der Waals surface area (Å²) in [6.07, 6.45) is -6.11. The second kappa shape index (κ2) is 13.4. The van der Waals surface area contributed by atoms with Gasteiger partial charge in [0, 0.05) is 38.8 Å². The van der Waals surface area contributed by atoms with Gasteiger partial charge in [0.15, 0.2) is 24.1 Å². The minimum Gasteiger partial charge on any atom is -0.502 e. The summed E-state index contributed by atoms with van der Waals surface area (Å²) in [5, 5.41) is 21.4. The Labute approximate surface area is 239 Å². The third kappa shape index (κ3) is 8.14. The molecule has 0 spiro atoms. The number of esters is 4. The van der Waals surface area contributed by atoms with E-state index in [1.165, 1.54) is 31.2 Å². The highest BCUT2D eigenvalue weighted by atomic mass is 35.5. The topological polar surface area (TPSA) is 178 Å². The van der Waals surface area contributed by atoms with Crippen molar-refractivity contribution in [2.45, 2.75) is 64.6 Å². The maximum atomic E-state index is 12.1. The average molecular weight is 594 g/mol. The molecule has 220 valence electrons. The molecule has 1 heterocycles. The van der Waals surface area contributed by atoms with E-state index >= 15 is 0 Å². The average Bonchev–Trinajstić information content (AvgIpc) is 2.86. The Kier molecular flexibility index (Phi) is 10.2. The molecule has 1 aliphatic rings. The highest BCUT2D eigenvalue weighted by Crippen LogP contribution is 2.39. The number of hydrogen-bond acceptors (Lipinski definition) is 12. The number of aromatic hydroxyl groups is 1. The normalized spacial score (nSPS) is 21.8. The van der Waals surface area contributed by atoms with Crippen LogP contribution >= 0.6 is 11.6 Å². The molecule has 5 atom stereocenters. The van der Waals surface area contributed by atoms with Gasteiger partial charge in [-0.05, 0) is 35.2 Å². The summed E-state index contributed by atoms with van der Waals surface area (Å²) in [6, 6.07) is 8.64. The molecule has 1 aliphatic heterocycles. The van der Waals surface area contributed by atoms with E-state index in [-0.39, 0.29) is 13.0 Å². The number of carbonyl (C=O) groups is 4. The van der Waals surface area contributed by atoms with Gasteiger partial charge >= 0.3 is 29.6 Å². The van der Waals surface area contributed by atoms with E-state index in [9.17, 15) is 34.4 Å². The van der Waals surface area contributed by atoms with Crippen molar-refractivity contribution in [1.82, 2.24) is 0 Å². The molecule has 1 unspecified atom stereocenters. The molecule has 1 saturated heterocycles. The monoisotopic (exact) mass is 593 g/mol. The zero-order chi connectivity index (χ0) is 30.4. The van der Waals surface area contributed by atoms with Crippen LogP contribution in [0.4, 0.5) is 5.69 Å². The van der Waals surface area contributed by atoms with Crippen LogP contribution in [0.25, 0.3) is 0 Å². The van der Waals surface area contributed by atoms with Gasteiger partial charge in [0.25, 0.3) is 0 Å². The minimum absolute atomic E-state index is 0.110. The quantitative estimate of drug-likeness (QED) is 0.194. The highest BCUT2D eigenvalue weighted by Gasteiger charge is 2.52. The van der Waals surface area contributed by atoms with E-state index in [1.54, 1.807) is 12.1 Å². The van der Waals surface area contributed by atoms with E-state index in [1.807, 2.05) is 0 Å². The Balaban J connectivity index is 2.08. The van der Waals surface area contributed by atoms with Gasteiger partial charge < -0.3 is 28.8 Å². The Morgan fingerprint density at radius 3 is 2.10 bits per heavy atom. The van der Waals surface area contributed by atoms with Gasteiger partial charge in [0.1, 0.15) is 18.8 Å². The first-order valence-corrected chi connectivity index (χ1v) is 12.7. The molecule has 2 aromatic carbocycles. The third-order valence-electron chi connectivity index (χ3n) is 6.02. The second-order valence-electron chi connectivity index (χ2n) is 9.23. The first-order valence-electron chi connectivity index (χ1n) is 12.3. The number of hydrogen-bond donors (Lipinski definition) is 1. The number of rotatable bonds is 9. The smallest absolute Gasteiger partial charge is 0.310 e. The zero-order valence-electron chi connectivity index (χ0n) is 22.5. The van der Waals surface area contributed by atoms with E-state index < -0.39 is 70.8 Å². The fourth-order valence-electron chi connectivity index (χ4n) is 4.45. The van der Waals surface area contributed by atoms with Crippen molar-refractivity contribution in [2.75, 3.05) is 6.61 Å². The summed E-state index contributed by atoms with van der Waals surface area (Å²) in [4.78, 5) is 58.3. The van der Waals surface area contributed by atoms with Gasteiger partial charge in [-0.1, -0.05) is 29.8 Å². The number of nitro benzene ring substituents is 1. The third-order valence-corrected chi connectivity index (χ3v) is 6.39. The van der Waals surface area contributed by atoms with Gasteiger partial charge in [0.2, 0.25) is 0 Å². The molecule has 0 aliphatic carbocycles. The standard InChI is InChI=1S/C27H28ClNO12/c1-13(30)37-12-23-25(38-14(2)31)27(40-16(4)33)26(39-15(3)32)24(41-23)18-6-7-20(28)19(11-18)9-17-5-8-22(34)21(10-17)29(35)36/h5-8,10-11,23-27,34H,9,12H2,1-4H3/t23-,24+,25-,26+,27?/m1/s1. The predicted octanol–water partition coefficient (Wildman–Crippen LogP) is 3.34. The Morgan fingerprint density at radius 1 is 0.902 bits per heavy atom. The number of carbonyl (C=O) groups excluding carboxylic acids is 4. The number of benzene rings is 2. The number of phenolic OH excluding ortho intramolecular Hbond substituents is 1. The molecule has 1 N–H and O–H groups in total. The maximum Gasteiger partial charge on any atom is 0.310 e. The molecule has 41 heavy (non-hydrogen) atoms. The fourth-order valence-corrected chi connectivity index (χ4v) is 4.63. The minimum atomic E-state index is -1.35. The molecule has 14 heteroatoms. The van der Waals surface area contributed by atoms with Gasteiger partial charge in [-0.2, -0.15) is 0 Å². The van der Waals surface area contributed by atoms with Crippen molar-refractivity contribution in [3.8, 4) is 5.75 Å². The van der Waals surface area contributed by atoms with Crippen LogP contribution in [0, 0.1) is 10.1 Å². The molecule has 0 bridgehead atoms. The number of nitrogens with zero attached hydrogens (tertiary/aromatic N) is 1. The van der Waals surface area contributed by atoms with Crippen LogP contribution in [0.1, 0.15) is 50.5 Å². The maximum absolute atomic E-state index is 12.1. The largest absolute Gasteiger partial charge is 0.502 e. The van der Waals surface area contributed by atoms with Crippen LogP contribution in [0.15, 0.2) is 36.4 Å². The molecule has 0 radical (unpaired) electrons. The molecular weight excluding hydrogens is 566 g/mol. The van der Waals surface area contributed by atoms with Crippen LogP contribution in [0.5, 0.6) is 5.75 Å². The number of nitro groups is 1. The van der Waals surface area contributed by atoms with Crippen molar-refractivity contribution in [3.05, 3.63) is 68.2 Å². The fraction of sp³-hybridized carbons (Fsp3) is 0.407. The van der Waals surface area contributed by atoms with Crippen LogP contribution in [-0.2, 0) is 49.3 Å². The SMILES string of the molecule is CC(=O)OC[C@H]1O[C@@H](c2ccc(Cl)c(Cc3ccc(O)c([N+](=O)[O-])c3)c2)[C@H](OC(C)=O)C(OC(C)=O)[C@@H]1OC(C)=O. The first-order chi connectivity index (χ1) is 19.3. The van der Waals surface area contributed by atoms with Crippen LogP contribution in [-0.4, -0.2) is 64.9 Å². The molecule has 13 nitrogen and oxygen atoms in total. The molecule has 0 amide bonds. The van der Waals surface area contributed by atoms with Crippen molar-refractivity contribution in [2.24, 2.45) is 0 Å². The summed E-state index contributed by atoms with van der Waals surface area (Å²) in [6.45, 7) is 4.17. The lowest BCUT2D eigenvalue weighted by atomic mass is 9.89. The lowest BCUT2D eigenvalue weighted by molar-refractivity contribution is -0.385. The van der Waals surface area contributed by atoms with Crippen LogP contribution in [0.2, 0.25) is 5.02 Å². The second-order valence-corrected chi connectivity index (χ2v) is 9.63. The predicted molar refractivity (Wildman–Crippen MR) is 140 cm³/mol. The van der Waals surface area contributed by atoms with Gasteiger partial charge in [-0.15, -0.1) is 0 Å².